The van der Waals surface area contributed by atoms with Gasteiger partial charge in [-0.3, -0.25) is 9.59 Å². The van der Waals surface area contributed by atoms with Crippen LogP contribution in [0.5, 0.6) is 0 Å². The van der Waals surface area contributed by atoms with Crippen LogP contribution in [0, 0.1) is 6.92 Å². The molecule has 2 rings (SSSR count). The smallest absolute Gasteiger partial charge is 0.319 e. The normalized spacial score (nSPS) is 11.7. The lowest BCUT2D eigenvalue weighted by atomic mass is 10.2. The monoisotopic (exact) mass is 397 g/mol. The van der Waals surface area contributed by atoms with Gasteiger partial charge in [-0.15, -0.1) is 11.8 Å². The number of nitrogens with one attached hydrogen (secondary N) is 1. The van der Waals surface area contributed by atoms with Crippen LogP contribution in [0.4, 0.5) is 5.69 Å². The van der Waals surface area contributed by atoms with Gasteiger partial charge in [0, 0.05) is 4.90 Å². The number of carbonyl (C=O) groups is 2. The fraction of sp³-hybridized carbons (Fsp3) is 0.222. The summed E-state index contributed by atoms with van der Waals surface area (Å²) < 4.78 is 5.06. The van der Waals surface area contributed by atoms with E-state index in [1.807, 2.05) is 30.3 Å². The van der Waals surface area contributed by atoms with E-state index in [0.29, 0.717) is 15.7 Å². The second kappa shape index (κ2) is 9.13. The fourth-order valence-electron chi connectivity index (χ4n) is 1.95. The largest absolute Gasteiger partial charge is 0.455 e. The SMILES string of the molecule is Cc1ccc(Cl)c(NC(=O)COC(=O)[C@H](C)Sc2ccccc2)c1Cl. The number of thioether (sulfide) groups is 1. The quantitative estimate of drug-likeness (QED) is 0.552. The van der Waals surface area contributed by atoms with Gasteiger partial charge in [-0.05, 0) is 37.6 Å². The van der Waals surface area contributed by atoms with Crippen molar-refractivity contribution >= 4 is 52.5 Å². The first-order valence-electron chi connectivity index (χ1n) is 7.51. The molecule has 0 aromatic heterocycles. The van der Waals surface area contributed by atoms with Crippen LogP contribution >= 0.6 is 35.0 Å². The topological polar surface area (TPSA) is 55.4 Å². The van der Waals surface area contributed by atoms with Gasteiger partial charge in [0.1, 0.15) is 5.25 Å². The summed E-state index contributed by atoms with van der Waals surface area (Å²) in [6, 6.07) is 12.9. The van der Waals surface area contributed by atoms with E-state index in [2.05, 4.69) is 5.32 Å². The molecule has 25 heavy (non-hydrogen) atoms. The summed E-state index contributed by atoms with van der Waals surface area (Å²) in [5.41, 5.74) is 1.10. The zero-order valence-electron chi connectivity index (χ0n) is 13.7. The van der Waals surface area contributed by atoms with Crippen molar-refractivity contribution in [3.05, 3.63) is 58.1 Å². The number of anilines is 1. The maximum Gasteiger partial charge on any atom is 0.319 e. The lowest BCUT2D eigenvalue weighted by molar-refractivity contribution is -0.146. The number of amides is 1. The molecule has 0 spiro atoms. The van der Waals surface area contributed by atoms with E-state index in [1.165, 1.54) is 11.8 Å². The molecule has 0 aliphatic rings. The average molecular weight is 398 g/mol. The molecule has 7 heteroatoms. The zero-order valence-corrected chi connectivity index (χ0v) is 16.0. The predicted molar refractivity (Wildman–Crippen MR) is 103 cm³/mol. The Balaban J connectivity index is 1.87. The van der Waals surface area contributed by atoms with Crippen molar-refractivity contribution < 1.29 is 14.3 Å². The molecule has 1 amide bonds. The van der Waals surface area contributed by atoms with E-state index in [9.17, 15) is 9.59 Å². The summed E-state index contributed by atoms with van der Waals surface area (Å²) in [4.78, 5) is 25.0. The summed E-state index contributed by atoms with van der Waals surface area (Å²) in [6.07, 6.45) is 0. The van der Waals surface area contributed by atoms with Crippen molar-refractivity contribution in [2.24, 2.45) is 0 Å². The third-order valence-electron chi connectivity index (χ3n) is 3.28. The molecule has 0 saturated carbocycles. The predicted octanol–water partition coefficient (Wildman–Crippen LogP) is 4.96. The Hall–Kier alpha value is -1.69. The van der Waals surface area contributed by atoms with Crippen molar-refractivity contribution in [3.63, 3.8) is 0 Å². The maximum atomic E-state index is 12.0. The molecule has 0 radical (unpaired) electrons. The summed E-state index contributed by atoms with van der Waals surface area (Å²) in [5, 5.41) is 2.83. The second-order valence-electron chi connectivity index (χ2n) is 5.28. The molecule has 0 bridgehead atoms. The van der Waals surface area contributed by atoms with E-state index in [1.54, 1.807) is 26.0 Å². The van der Waals surface area contributed by atoms with Gasteiger partial charge in [0.05, 0.1) is 15.7 Å². The third kappa shape index (κ3) is 5.66. The number of halogens is 2. The summed E-state index contributed by atoms with van der Waals surface area (Å²) in [6.45, 7) is 3.13. The van der Waals surface area contributed by atoms with Gasteiger partial charge in [-0.2, -0.15) is 0 Å². The number of carbonyl (C=O) groups excluding carboxylic acids is 2. The van der Waals surface area contributed by atoms with Crippen LogP contribution < -0.4 is 5.32 Å². The Bertz CT molecular complexity index is 768. The van der Waals surface area contributed by atoms with E-state index >= 15 is 0 Å². The van der Waals surface area contributed by atoms with Gasteiger partial charge in [-0.25, -0.2) is 0 Å². The summed E-state index contributed by atoms with van der Waals surface area (Å²) in [7, 11) is 0. The molecular weight excluding hydrogens is 381 g/mol. The molecule has 1 atom stereocenters. The lowest BCUT2D eigenvalue weighted by Crippen LogP contribution is -2.25. The van der Waals surface area contributed by atoms with Crippen LogP contribution in [0.15, 0.2) is 47.4 Å². The van der Waals surface area contributed by atoms with Crippen LogP contribution in [0.25, 0.3) is 0 Å². The van der Waals surface area contributed by atoms with E-state index in [4.69, 9.17) is 27.9 Å². The van der Waals surface area contributed by atoms with Gasteiger partial charge < -0.3 is 10.1 Å². The minimum absolute atomic E-state index is 0.316. The number of hydrogen-bond donors (Lipinski definition) is 1. The number of aryl methyl sites for hydroxylation is 1. The first-order valence-corrected chi connectivity index (χ1v) is 9.15. The minimum atomic E-state index is -0.500. The Morgan fingerprint density at radius 1 is 1.16 bits per heavy atom. The van der Waals surface area contributed by atoms with Crippen LogP contribution in [0.1, 0.15) is 12.5 Å². The second-order valence-corrected chi connectivity index (χ2v) is 7.48. The summed E-state index contributed by atoms with van der Waals surface area (Å²) in [5.74, 6) is -0.967. The van der Waals surface area contributed by atoms with Crippen LogP contribution in [0.3, 0.4) is 0 Å². The highest BCUT2D eigenvalue weighted by Gasteiger charge is 2.18. The zero-order chi connectivity index (χ0) is 18.4. The van der Waals surface area contributed by atoms with E-state index in [0.717, 1.165) is 10.5 Å². The molecule has 0 saturated heterocycles. The Labute approximate surface area is 160 Å². The maximum absolute atomic E-state index is 12.0. The van der Waals surface area contributed by atoms with Gasteiger partial charge in [0.2, 0.25) is 0 Å². The standard InChI is InChI=1S/C18H17Cl2NO3S/c1-11-8-9-14(19)17(16(11)20)21-15(22)10-24-18(23)12(2)25-13-6-4-3-5-7-13/h3-9,12H,10H2,1-2H3,(H,21,22)/t12-/m0/s1. The molecule has 0 aliphatic carbocycles. The van der Waals surface area contributed by atoms with E-state index in [-0.39, 0.29) is 0 Å². The molecule has 0 aliphatic heterocycles. The van der Waals surface area contributed by atoms with Gasteiger partial charge in [0.25, 0.3) is 5.91 Å². The highest BCUT2D eigenvalue weighted by atomic mass is 35.5. The number of hydrogen-bond acceptors (Lipinski definition) is 4. The first-order chi connectivity index (χ1) is 11.9. The molecule has 0 fully saturated rings. The molecule has 0 unspecified atom stereocenters. The Kier molecular flexibility index (Phi) is 7.17. The highest BCUT2D eigenvalue weighted by Crippen LogP contribution is 2.32. The fourth-order valence-corrected chi connectivity index (χ4v) is 3.30. The van der Waals surface area contributed by atoms with Crippen molar-refractivity contribution in [1.29, 1.82) is 0 Å². The van der Waals surface area contributed by atoms with Crippen LogP contribution in [0.2, 0.25) is 10.0 Å². The minimum Gasteiger partial charge on any atom is -0.455 e. The number of esters is 1. The molecule has 132 valence electrons. The Morgan fingerprint density at radius 3 is 2.52 bits per heavy atom. The third-order valence-corrected chi connectivity index (χ3v) is 5.17. The van der Waals surface area contributed by atoms with Gasteiger partial charge >= 0.3 is 5.97 Å². The molecule has 0 heterocycles. The van der Waals surface area contributed by atoms with Crippen molar-refractivity contribution in [3.8, 4) is 0 Å². The summed E-state index contributed by atoms with van der Waals surface area (Å²) >= 11 is 13.5. The molecule has 2 aromatic carbocycles. The van der Waals surface area contributed by atoms with Crippen LogP contribution in [-0.4, -0.2) is 23.7 Å². The number of ether oxygens (including phenoxy) is 1. The molecule has 4 nitrogen and oxygen atoms in total. The van der Waals surface area contributed by atoms with Crippen LogP contribution in [-0.2, 0) is 14.3 Å². The molecule has 1 N–H and O–H groups in total. The highest BCUT2D eigenvalue weighted by molar-refractivity contribution is 8.00. The number of rotatable bonds is 6. The molecule has 2 aromatic rings. The van der Waals surface area contributed by atoms with Gasteiger partial charge in [-0.1, -0.05) is 47.5 Å². The van der Waals surface area contributed by atoms with Crippen molar-refractivity contribution in [2.45, 2.75) is 24.0 Å². The number of benzene rings is 2. The Morgan fingerprint density at radius 2 is 1.84 bits per heavy atom. The van der Waals surface area contributed by atoms with Crippen molar-refractivity contribution in [2.75, 3.05) is 11.9 Å². The van der Waals surface area contributed by atoms with E-state index < -0.39 is 23.7 Å². The lowest BCUT2D eigenvalue weighted by Gasteiger charge is -2.13. The van der Waals surface area contributed by atoms with Crippen molar-refractivity contribution in [1.82, 2.24) is 0 Å². The first kappa shape index (κ1) is 19.6. The average Bonchev–Trinajstić information content (AvgIpc) is 2.60. The van der Waals surface area contributed by atoms with Gasteiger partial charge in [0.15, 0.2) is 6.61 Å². The molecular formula is C18H17Cl2NO3S.